The maximum atomic E-state index is 11.4. The Hall–Kier alpha value is -2.30. The van der Waals surface area contributed by atoms with Gasteiger partial charge >= 0.3 is 0 Å². The minimum absolute atomic E-state index is 0.119. The standard InChI is InChI=1S/C14H17N3O2/c1-4-19-12-6-8(2)10(5-9(12)3)11-7-13(18)17-14(15)16-11/h5-7H,4H2,1-3H3,(H3,15,16,17,18). The second-order valence-electron chi connectivity index (χ2n) is 4.38. The minimum atomic E-state index is -0.256. The number of aryl methyl sites for hydroxylation is 2. The average molecular weight is 259 g/mol. The molecule has 1 aromatic heterocycles. The summed E-state index contributed by atoms with van der Waals surface area (Å²) in [6.45, 7) is 6.48. The fourth-order valence-corrected chi connectivity index (χ4v) is 1.99. The molecule has 5 nitrogen and oxygen atoms in total. The quantitative estimate of drug-likeness (QED) is 0.883. The summed E-state index contributed by atoms with van der Waals surface area (Å²) in [5.41, 5.74) is 8.77. The van der Waals surface area contributed by atoms with E-state index in [-0.39, 0.29) is 11.5 Å². The molecule has 0 bridgehead atoms. The van der Waals surface area contributed by atoms with Crippen LogP contribution in [-0.2, 0) is 0 Å². The molecule has 0 aliphatic rings. The molecule has 2 aromatic rings. The van der Waals surface area contributed by atoms with Crippen molar-refractivity contribution < 1.29 is 4.74 Å². The lowest BCUT2D eigenvalue weighted by Crippen LogP contribution is -2.10. The molecule has 0 spiro atoms. The fourth-order valence-electron chi connectivity index (χ4n) is 1.99. The van der Waals surface area contributed by atoms with E-state index in [2.05, 4.69) is 9.97 Å². The van der Waals surface area contributed by atoms with E-state index in [0.717, 1.165) is 22.4 Å². The molecule has 19 heavy (non-hydrogen) atoms. The molecular weight excluding hydrogens is 242 g/mol. The van der Waals surface area contributed by atoms with E-state index in [4.69, 9.17) is 10.5 Å². The molecule has 3 N–H and O–H groups in total. The Kier molecular flexibility index (Phi) is 3.55. The maximum Gasteiger partial charge on any atom is 0.252 e. The van der Waals surface area contributed by atoms with Gasteiger partial charge in [0.1, 0.15) is 5.75 Å². The SMILES string of the molecule is CCOc1cc(C)c(-c2cc(=O)[nH]c(N)n2)cc1C. The molecule has 0 saturated carbocycles. The smallest absolute Gasteiger partial charge is 0.252 e. The highest BCUT2D eigenvalue weighted by atomic mass is 16.5. The van der Waals surface area contributed by atoms with Crippen LogP contribution in [0.1, 0.15) is 18.1 Å². The number of nitrogens with two attached hydrogens (primary N) is 1. The number of ether oxygens (including phenoxy) is 1. The highest BCUT2D eigenvalue weighted by Gasteiger charge is 2.09. The Morgan fingerprint density at radius 2 is 2.00 bits per heavy atom. The fraction of sp³-hybridized carbons (Fsp3) is 0.286. The van der Waals surface area contributed by atoms with E-state index >= 15 is 0 Å². The van der Waals surface area contributed by atoms with Crippen LogP contribution in [0.2, 0.25) is 0 Å². The predicted octanol–water partition coefficient (Wildman–Crippen LogP) is 2.03. The molecule has 5 heteroatoms. The number of H-pyrrole nitrogens is 1. The molecule has 100 valence electrons. The van der Waals surface area contributed by atoms with Crippen LogP contribution < -0.4 is 16.0 Å². The number of nitrogen functional groups attached to an aromatic ring is 1. The Morgan fingerprint density at radius 3 is 2.63 bits per heavy atom. The molecule has 0 atom stereocenters. The van der Waals surface area contributed by atoms with Crippen molar-refractivity contribution in [3.05, 3.63) is 39.7 Å². The van der Waals surface area contributed by atoms with E-state index < -0.39 is 0 Å². The van der Waals surface area contributed by atoms with Crippen molar-refractivity contribution in [1.29, 1.82) is 0 Å². The first-order valence-corrected chi connectivity index (χ1v) is 6.12. The van der Waals surface area contributed by atoms with Crippen molar-refractivity contribution in [2.24, 2.45) is 0 Å². The largest absolute Gasteiger partial charge is 0.494 e. The molecule has 0 saturated heterocycles. The third kappa shape index (κ3) is 2.76. The van der Waals surface area contributed by atoms with Gasteiger partial charge in [0.15, 0.2) is 0 Å². The lowest BCUT2D eigenvalue weighted by Gasteiger charge is -2.12. The third-order valence-corrected chi connectivity index (χ3v) is 2.86. The molecule has 0 aliphatic heterocycles. The van der Waals surface area contributed by atoms with E-state index in [1.807, 2.05) is 32.9 Å². The number of nitrogens with zero attached hydrogens (tertiary/aromatic N) is 1. The number of hydrogen-bond donors (Lipinski definition) is 2. The Balaban J connectivity index is 2.56. The molecule has 0 unspecified atom stereocenters. The van der Waals surface area contributed by atoms with E-state index in [1.54, 1.807) is 0 Å². The molecular formula is C14H17N3O2. The second-order valence-corrected chi connectivity index (χ2v) is 4.38. The van der Waals surface area contributed by atoms with Gasteiger partial charge in [-0.3, -0.25) is 9.78 Å². The first kappa shape index (κ1) is 13.1. The maximum absolute atomic E-state index is 11.4. The summed E-state index contributed by atoms with van der Waals surface area (Å²) in [5, 5.41) is 0. The Labute approximate surface area is 111 Å². The zero-order valence-corrected chi connectivity index (χ0v) is 11.3. The number of aromatic amines is 1. The van der Waals surface area contributed by atoms with Gasteiger partial charge in [0, 0.05) is 11.6 Å². The topological polar surface area (TPSA) is 81.0 Å². The number of anilines is 1. The molecule has 2 rings (SSSR count). The van der Waals surface area contributed by atoms with Crippen LogP contribution in [0.25, 0.3) is 11.3 Å². The van der Waals surface area contributed by atoms with Gasteiger partial charge in [-0.15, -0.1) is 0 Å². The highest BCUT2D eigenvalue weighted by Crippen LogP contribution is 2.28. The molecule has 0 amide bonds. The van der Waals surface area contributed by atoms with Crippen molar-refractivity contribution >= 4 is 5.95 Å². The van der Waals surface area contributed by atoms with Crippen LogP contribution >= 0.6 is 0 Å². The van der Waals surface area contributed by atoms with Crippen molar-refractivity contribution in [3.63, 3.8) is 0 Å². The van der Waals surface area contributed by atoms with Gasteiger partial charge in [-0.25, -0.2) is 4.98 Å². The van der Waals surface area contributed by atoms with E-state index in [0.29, 0.717) is 12.3 Å². The highest BCUT2D eigenvalue weighted by molar-refractivity contribution is 5.66. The zero-order valence-electron chi connectivity index (χ0n) is 11.3. The van der Waals surface area contributed by atoms with Gasteiger partial charge in [0.25, 0.3) is 5.56 Å². The monoisotopic (exact) mass is 259 g/mol. The van der Waals surface area contributed by atoms with Gasteiger partial charge in [0.05, 0.1) is 12.3 Å². The molecule has 0 fully saturated rings. The van der Waals surface area contributed by atoms with Gasteiger partial charge < -0.3 is 10.5 Å². The van der Waals surface area contributed by atoms with Crippen LogP contribution in [0.15, 0.2) is 23.0 Å². The van der Waals surface area contributed by atoms with Crippen molar-refractivity contribution in [1.82, 2.24) is 9.97 Å². The van der Waals surface area contributed by atoms with Crippen molar-refractivity contribution in [3.8, 4) is 17.0 Å². The van der Waals surface area contributed by atoms with Crippen molar-refractivity contribution in [2.75, 3.05) is 12.3 Å². The predicted molar refractivity (Wildman–Crippen MR) is 75.3 cm³/mol. The number of benzene rings is 1. The van der Waals surface area contributed by atoms with Gasteiger partial charge in [-0.2, -0.15) is 0 Å². The van der Waals surface area contributed by atoms with Crippen LogP contribution in [0.3, 0.4) is 0 Å². The summed E-state index contributed by atoms with van der Waals surface area (Å²) in [4.78, 5) is 18.0. The summed E-state index contributed by atoms with van der Waals surface area (Å²) in [7, 11) is 0. The lowest BCUT2D eigenvalue weighted by atomic mass is 10.0. The second kappa shape index (κ2) is 5.14. The van der Waals surface area contributed by atoms with Crippen LogP contribution in [0.4, 0.5) is 5.95 Å². The lowest BCUT2D eigenvalue weighted by molar-refractivity contribution is 0.337. The summed E-state index contributed by atoms with van der Waals surface area (Å²) in [6, 6.07) is 5.35. The van der Waals surface area contributed by atoms with Crippen LogP contribution in [-0.4, -0.2) is 16.6 Å². The number of hydrogen-bond acceptors (Lipinski definition) is 4. The van der Waals surface area contributed by atoms with Crippen LogP contribution in [0.5, 0.6) is 5.75 Å². The Bertz CT molecular complexity index is 662. The number of aromatic nitrogens is 2. The van der Waals surface area contributed by atoms with E-state index in [9.17, 15) is 4.79 Å². The van der Waals surface area contributed by atoms with Crippen molar-refractivity contribution in [2.45, 2.75) is 20.8 Å². The summed E-state index contributed by atoms with van der Waals surface area (Å²) in [6.07, 6.45) is 0. The first-order valence-electron chi connectivity index (χ1n) is 6.12. The first-order chi connectivity index (χ1) is 9.01. The van der Waals surface area contributed by atoms with Gasteiger partial charge in [0.2, 0.25) is 5.95 Å². The van der Waals surface area contributed by atoms with E-state index in [1.165, 1.54) is 6.07 Å². The third-order valence-electron chi connectivity index (χ3n) is 2.86. The molecule has 1 heterocycles. The van der Waals surface area contributed by atoms with Crippen LogP contribution in [0, 0.1) is 13.8 Å². The summed E-state index contributed by atoms with van der Waals surface area (Å²) in [5.74, 6) is 0.968. The molecule has 0 radical (unpaired) electrons. The molecule has 1 aromatic carbocycles. The van der Waals surface area contributed by atoms with Gasteiger partial charge in [-0.1, -0.05) is 0 Å². The average Bonchev–Trinajstić information content (AvgIpc) is 2.32. The Morgan fingerprint density at radius 1 is 1.26 bits per heavy atom. The summed E-state index contributed by atoms with van der Waals surface area (Å²) >= 11 is 0. The normalized spacial score (nSPS) is 10.5. The number of rotatable bonds is 3. The zero-order chi connectivity index (χ0) is 14.0. The molecule has 0 aliphatic carbocycles. The summed E-state index contributed by atoms with van der Waals surface area (Å²) < 4.78 is 5.54. The number of nitrogens with one attached hydrogen (secondary N) is 1. The minimum Gasteiger partial charge on any atom is -0.494 e. The van der Waals surface area contributed by atoms with Gasteiger partial charge in [-0.05, 0) is 44.0 Å².